The summed E-state index contributed by atoms with van der Waals surface area (Å²) in [5.74, 6) is -0.556. The van der Waals surface area contributed by atoms with E-state index in [9.17, 15) is 45.8 Å². The van der Waals surface area contributed by atoms with E-state index >= 15 is 0 Å². The number of nitrogens with one attached hydrogen (secondary N) is 1. The predicted molar refractivity (Wildman–Crippen MR) is 165 cm³/mol. The van der Waals surface area contributed by atoms with Gasteiger partial charge >= 0.3 is 18.4 Å². The van der Waals surface area contributed by atoms with Crippen molar-refractivity contribution in [1.82, 2.24) is 15.1 Å². The Balaban J connectivity index is 1.52. The minimum Gasteiger partial charge on any atom is -0.491 e. The van der Waals surface area contributed by atoms with Crippen LogP contribution in [0.3, 0.4) is 0 Å². The molecule has 9 nitrogen and oxygen atoms in total. The van der Waals surface area contributed by atoms with Crippen LogP contribution in [0.15, 0.2) is 48.5 Å². The maximum absolute atomic E-state index is 13.6. The monoisotopic (exact) mass is 684 g/mol. The van der Waals surface area contributed by atoms with Crippen LogP contribution in [0.4, 0.5) is 36.8 Å². The molecule has 4 rings (SSSR count). The Bertz CT molecular complexity index is 1560. The van der Waals surface area contributed by atoms with Crippen LogP contribution in [0.1, 0.15) is 58.2 Å². The van der Waals surface area contributed by atoms with Crippen LogP contribution in [-0.4, -0.2) is 82.9 Å². The molecule has 0 bridgehead atoms. The van der Waals surface area contributed by atoms with Crippen molar-refractivity contribution in [3.63, 3.8) is 0 Å². The van der Waals surface area contributed by atoms with E-state index in [0.29, 0.717) is 29.1 Å². The summed E-state index contributed by atoms with van der Waals surface area (Å²) in [6.45, 7) is 9.89. The summed E-state index contributed by atoms with van der Waals surface area (Å²) in [6, 6.07) is 7.25. The molecule has 2 fully saturated rings. The highest BCUT2D eigenvalue weighted by molar-refractivity contribution is 6.09. The highest BCUT2D eigenvalue weighted by Crippen LogP contribution is 2.50. The third-order valence-electron chi connectivity index (χ3n) is 8.60. The van der Waals surface area contributed by atoms with E-state index in [1.165, 1.54) is 30.9 Å². The number of nitrogens with zero attached hydrogens (tertiary/aromatic N) is 3. The molecular formula is C33H38F6N4O5. The summed E-state index contributed by atoms with van der Waals surface area (Å²) in [5.41, 5.74) is -7.10. The van der Waals surface area contributed by atoms with Crippen molar-refractivity contribution in [2.24, 2.45) is 0 Å². The van der Waals surface area contributed by atoms with Crippen LogP contribution in [0.5, 0.6) is 5.75 Å². The Morgan fingerprint density at radius 3 is 2.17 bits per heavy atom. The van der Waals surface area contributed by atoms with Gasteiger partial charge in [-0.25, -0.2) is 4.79 Å². The van der Waals surface area contributed by atoms with Crippen molar-refractivity contribution < 1.29 is 50.6 Å². The van der Waals surface area contributed by atoms with Crippen LogP contribution in [-0.2, 0) is 20.7 Å². The van der Waals surface area contributed by atoms with Gasteiger partial charge in [0.2, 0.25) is 5.91 Å². The number of allylic oxidation sites excluding steroid dienone is 1. The summed E-state index contributed by atoms with van der Waals surface area (Å²) in [6.07, 6.45) is -9.36. The first kappa shape index (κ1) is 36.6. The van der Waals surface area contributed by atoms with Gasteiger partial charge in [0.15, 0.2) is 0 Å². The number of urea groups is 1. The van der Waals surface area contributed by atoms with Gasteiger partial charge in [-0.3, -0.25) is 14.5 Å². The second-order valence-corrected chi connectivity index (χ2v) is 12.5. The number of hydrogen-bond donors (Lipinski definition) is 2. The number of halogens is 6. The largest absolute Gasteiger partial charge is 0.491 e. The molecular weight excluding hydrogens is 646 g/mol. The molecule has 2 saturated heterocycles. The molecule has 0 saturated carbocycles. The Morgan fingerprint density at radius 2 is 1.62 bits per heavy atom. The highest BCUT2D eigenvalue weighted by Gasteiger charge is 2.71. The van der Waals surface area contributed by atoms with E-state index in [0.717, 1.165) is 11.0 Å². The predicted octanol–water partition coefficient (Wildman–Crippen LogP) is 5.71. The molecule has 0 aliphatic carbocycles. The summed E-state index contributed by atoms with van der Waals surface area (Å²) in [5, 5.41) is 12.6. The fraction of sp³-hybridized carbons (Fsp3) is 0.485. The van der Waals surface area contributed by atoms with Gasteiger partial charge in [-0.2, -0.15) is 26.3 Å². The molecule has 3 atom stereocenters. The molecule has 2 aliphatic heterocycles. The molecule has 15 heteroatoms. The number of hydrogen-bond acceptors (Lipinski definition) is 6. The van der Waals surface area contributed by atoms with E-state index in [1.807, 2.05) is 13.8 Å². The van der Waals surface area contributed by atoms with E-state index in [1.54, 1.807) is 43.0 Å². The first-order valence-corrected chi connectivity index (χ1v) is 15.3. The molecule has 4 amide bonds. The van der Waals surface area contributed by atoms with Crippen LogP contribution < -0.4 is 15.0 Å². The zero-order valence-electron chi connectivity index (χ0n) is 27.2. The van der Waals surface area contributed by atoms with Crippen LogP contribution in [0, 0.1) is 0 Å². The Hall–Kier alpha value is -4.27. The lowest BCUT2D eigenvalue weighted by molar-refractivity contribution is -0.376. The van der Waals surface area contributed by atoms with Gasteiger partial charge in [0.25, 0.3) is 11.5 Å². The Labute approximate surface area is 274 Å². The van der Waals surface area contributed by atoms with Crippen molar-refractivity contribution in [2.75, 3.05) is 24.5 Å². The third-order valence-corrected chi connectivity index (χ3v) is 8.60. The van der Waals surface area contributed by atoms with Crippen LogP contribution in [0.25, 0.3) is 6.08 Å². The standard InChI is InChI=1S/C33H38F6N4O5/c1-7-8-22-15-24(31(47,32(34,35)36)33(37,38)39)11-14-26(22)41-16-21(5)42(17-20(41)4)27(44)18-43-28(45)30(6,40-29(43)46)23-9-12-25(13-10-23)48-19(2)3/h7-15,19-21,47H,16-18H2,1-6H3,(H,40,46)/t20?,21-,30+/m1/s1. The Kier molecular flexibility index (Phi) is 9.88. The number of amides is 4. The molecule has 2 aliphatic rings. The van der Waals surface area contributed by atoms with E-state index in [2.05, 4.69) is 5.32 Å². The zero-order valence-corrected chi connectivity index (χ0v) is 27.2. The van der Waals surface area contributed by atoms with Gasteiger partial charge in [-0.05, 0) is 76.9 Å². The maximum atomic E-state index is 13.6. The van der Waals surface area contributed by atoms with Crippen molar-refractivity contribution >= 4 is 29.6 Å². The number of anilines is 1. The van der Waals surface area contributed by atoms with Crippen molar-refractivity contribution in [3.05, 3.63) is 65.2 Å². The Morgan fingerprint density at radius 1 is 1.02 bits per heavy atom. The van der Waals surface area contributed by atoms with Crippen molar-refractivity contribution in [2.45, 2.75) is 83.2 Å². The number of aliphatic hydroxyl groups is 1. The fourth-order valence-corrected chi connectivity index (χ4v) is 6.05. The van der Waals surface area contributed by atoms with Crippen LogP contribution >= 0.6 is 0 Å². The maximum Gasteiger partial charge on any atom is 0.430 e. The summed E-state index contributed by atoms with van der Waals surface area (Å²) >= 11 is 0. The van der Waals surface area contributed by atoms with Gasteiger partial charge in [0.05, 0.1) is 6.10 Å². The van der Waals surface area contributed by atoms with Gasteiger partial charge in [-0.1, -0.05) is 30.4 Å². The lowest BCUT2D eigenvalue weighted by Crippen LogP contribution is -2.60. The lowest BCUT2D eigenvalue weighted by atomic mass is 9.89. The minimum absolute atomic E-state index is 0.00294. The average Bonchev–Trinajstić information content (AvgIpc) is 3.20. The fourth-order valence-electron chi connectivity index (χ4n) is 6.05. The molecule has 2 aromatic carbocycles. The lowest BCUT2D eigenvalue weighted by Gasteiger charge is -2.46. The molecule has 262 valence electrons. The first-order chi connectivity index (χ1) is 22.1. The first-order valence-electron chi connectivity index (χ1n) is 15.3. The molecule has 0 radical (unpaired) electrons. The number of alkyl halides is 6. The van der Waals surface area contributed by atoms with Gasteiger partial charge in [0.1, 0.15) is 17.8 Å². The number of rotatable bonds is 8. The molecule has 1 unspecified atom stereocenters. The molecule has 48 heavy (non-hydrogen) atoms. The number of ether oxygens (including phenoxy) is 1. The topological polar surface area (TPSA) is 102 Å². The SMILES string of the molecule is CC=Cc1cc(C(O)(C(F)(F)F)C(F)(F)F)ccc1N1C[C@@H](C)N(C(=O)CN2C(=O)N[C@@](C)(c3ccc(OC(C)C)cc3)C2=O)CC1C. The molecule has 2 N–H and O–H groups in total. The smallest absolute Gasteiger partial charge is 0.430 e. The summed E-state index contributed by atoms with van der Waals surface area (Å²) in [4.78, 5) is 44.0. The van der Waals surface area contributed by atoms with Gasteiger partial charge in [-0.15, -0.1) is 0 Å². The number of piperazine rings is 1. The zero-order chi connectivity index (χ0) is 36.0. The van der Waals surface area contributed by atoms with E-state index in [4.69, 9.17) is 4.74 Å². The third kappa shape index (κ3) is 6.56. The summed E-state index contributed by atoms with van der Waals surface area (Å²) in [7, 11) is 0. The normalized spacial score (nSPS) is 22.6. The van der Waals surface area contributed by atoms with Gasteiger partial charge < -0.3 is 25.0 Å². The van der Waals surface area contributed by atoms with Crippen molar-refractivity contribution in [1.29, 1.82) is 0 Å². The second-order valence-electron chi connectivity index (χ2n) is 12.5. The molecule has 2 aromatic rings. The van der Waals surface area contributed by atoms with E-state index in [-0.39, 0.29) is 24.8 Å². The number of carbonyl (C=O) groups excluding carboxylic acids is 3. The van der Waals surface area contributed by atoms with Crippen LogP contribution in [0.2, 0.25) is 0 Å². The van der Waals surface area contributed by atoms with Crippen molar-refractivity contribution in [3.8, 4) is 5.75 Å². The average molecular weight is 685 g/mol. The van der Waals surface area contributed by atoms with Gasteiger partial charge in [0, 0.05) is 36.4 Å². The molecule has 0 spiro atoms. The molecule has 0 aromatic heterocycles. The molecule has 2 heterocycles. The highest BCUT2D eigenvalue weighted by atomic mass is 19.4. The number of carbonyl (C=O) groups is 3. The quantitative estimate of drug-likeness (QED) is 0.273. The minimum atomic E-state index is -6.04. The second kappa shape index (κ2) is 13.0. The number of imide groups is 1. The number of benzene rings is 2. The summed E-state index contributed by atoms with van der Waals surface area (Å²) < 4.78 is 87.1. The van der Waals surface area contributed by atoms with E-state index < -0.39 is 65.5 Å².